The molecule has 3 N–H and O–H groups in total. The van der Waals surface area contributed by atoms with Gasteiger partial charge < -0.3 is 5.11 Å². The fourth-order valence-electron chi connectivity index (χ4n) is 2.23. The molecule has 0 aliphatic carbocycles. The molecule has 0 spiro atoms. The molecule has 20 heavy (non-hydrogen) atoms. The highest BCUT2D eigenvalue weighted by Gasteiger charge is 2.33. The fourth-order valence-corrected chi connectivity index (χ4v) is 2.23. The van der Waals surface area contributed by atoms with E-state index >= 15 is 0 Å². The first kappa shape index (κ1) is 14.9. The molecule has 110 valence electrons. The van der Waals surface area contributed by atoms with Crippen LogP contribution in [0.15, 0.2) is 24.3 Å². The molecule has 1 saturated heterocycles. The summed E-state index contributed by atoms with van der Waals surface area (Å²) in [6.45, 7) is 2.81. The topological polar surface area (TPSA) is 82.0 Å². The number of benzene rings is 1. The van der Waals surface area contributed by atoms with Crippen LogP contribution in [-0.4, -0.2) is 40.0 Å². The van der Waals surface area contributed by atoms with Gasteiger partial charge in [-0.2, -0.15) is 5.06 Å². The van der Waals surface area contributed by atoms with Crippen molar-refractivity contribution in [2.75, 3.05) is 6.54 Å². The number of carbonyl (C=O) groups is 1. The number of carbonyl (C=O) groups excluding carboxylic acids is 1. The molecule has 0 saturated carbocycles. The number of hydroxylamine groups is 3. The number of aliphatic hydroxyl groups excluding tert-OH is 1. The van der Waals surface area contributed by atoms with Crippen molar-refractivity contribution in [3.63, 3.8) is 0 Å². The summed E-state index contributed by atoms with van der Waals surface area (Å²) in [6, 6.07) is 7.26. The van der Waals surface area contributed by atoms with Crippen molar-refractivity contribution < 1.29 is 19.9 Å². The highest BCUT2D eigenvalue weighted by atomic mass is 16.7. The second kappa shape index (κ2) is 6.81. The zero-order valence-electron chi connectivity index (χ0n) is 11.5. The maximum Gasteiger partial charge on any atom is 0.263 e. The Morgan fingerprint density at radius 2 is 2.15 bits per heavy atom. The van der Waals surface area contributed by atoms with E-state index in [1.54, 1.807) is 5.48 Å². The van der Waals surface area contributed by atoms with Crippen molar-refractivity contribution in [3.05, 3.63) is 35.4 Å². The number of rotatable bonds is 4. The molecule has 0 bridgehead atoms. The molecule has 0 aromatic heterocycles. The maximum absolute atomic E-state index is 11.6. The van der Waals surface area contributed by atoms with Crippen LogP contribution in [0.25, 0.3) is 0 Å². The summed E-state index contributed by atoms with van der Waals surface area (Å²) >= 11 is 0. The molecule has 2 atom stereocenters. The normalized spacial score (nSPS) is 23.6. The minimum absolute atomic E-state index is 0.250. The van der Waals surface area contributed by atoms with Gasteiger partial charge in [0, 0.05) is 13.0 Å². The lowest BCUT2D eigenvalue weighted by molar-refractivity contribution is -0.219. The van der Waals surface area contributed by atoms with E-state index in [4.69, 9.17) is 10.0 Å². The second-order valence-electron chi connectivity index (χ2n) is 5.07. The van der Waals surface area contributed by atoms with E-state index in [0.29, 0.717) is 19.6 Å². The number of nitrogens with one attached hydrogen (secondary N) is 1. The Morgan fingerprint density at radius 1 is 1.45 bits per heavy atom. The van der Waals surface area contributed by atoms with Gasteiger partial charge in [-0.3, -0.25) is 14.8 Å². The van der Waals surface area contributed by atoms with Crippen LogP contribution in [0.4, 0.5) is 0 Å². The van der Waals surface area contributed by atoms with Crippen LogP contribution >= 0.6 is 0 Å². The Morgan fingerprint density at radius 3 is 2.80 bits per heavy atom. The Hall–Kier alpha value is -1.47. The van der Waals surface area contributed by atoms with E-state index in [9.17, 15) is 9.90 Å². The van der Waals surface area contributed by atoms with E-state index in [0.717, 1.165) is 5.56 Å². The molecule has 1 amide bonds. The van der Waals surface area contributed by atoms with E-state index in [-0.39, 0.29) is 6.42 Å². The highest BCUT2D eigenvalue weighted by Crippen LogP contribution is 2.19. The van der Waals surface area contributed by atoms with Crippen LogP contribution in [0.2, 0.25) is 0 Å². The van der Waals surface area contributed by atoms with Gasteiger partial charge in [-0.15, -0.1) is 0 Å². The molecular weight excluding hydrogens is 260 g/mol. The van der Waals surface area contributed by atoms with E-state index in [1.807, 2.05) is 31.2 Å². The number of aliphatic hydroxyl groups is 1. The fraction of sp³-hybridized carbons (Fsp3) is 0.500. The van der Waals surface area contributed by atoms with E-state index < -0.39 is 18.1 Å². The first-order chi connectivity index (χ1) is 9.60. The lowest BCUT2D eigenvalue weighted by Gasteiger charge is -2.35. The van der Waals surface area contributed by atoms with Crippen LogP contribution in [0.3, 0.4) is 0 Å². The van der Waals surface area contributed by atoms with Crippen LogP contribution in [-0.2, 0) is 16.2 Å². The van der Waals surface area contributed by atoms with Crippen molar-refractivity contribution in [3.8, 4) is 0 Å². The minimum Gasteiger partial charge on any atom is -0.393 e. The Labute approximate surface area is 117 Å². The maximum atomic E-state index is 11.6. The molecule has 1 aliphatic heterocycles. The summed E-state index contributed by atoms with van der Waals surface area (Å²) in [7, 11) is 0. The predicted octanol–water partition coefficient (Wildman–Crippen LogP) is 0.757. The van der Waals surface area contributed by atoms with Gasteiger partial charge in [0.2, 0.25) is 0 Å². The van der Waals surface area contributed by atoms with Crippen LogP contribution in [0.5, 0.6) is 0 Å². The lowest BCUT2D eigenvalue weighted by atomic mass is 10.0. The number of amides is 1. The SMILES string of the molecule is Cc1ccc(CON2CC[C@H](O)C[C@@H]2C(=O)NO)cc1. The molecule has 6 heteroatoms. The molecule has 6 nitrogen and oxygen atoms in total. The van der Waals surface area contributed by atoms with Crippen LogP contribution in [0.1, 0.15) is 24.0 Å². The largest absolute Gasteiger partial charge is 0.393 e. The second-order valence-corrected chi connectivity index (χ2v) is 5.07. The predicted molar refractivity (Wildman–Crippen MR) is 71.6 cm³/mol. The van der Waals surface area contributed by atoms with E-state index in [2.05, 4.69) is 0 Å². The van der Waals surface area contributed by atoms with Gasteiger partial charge in [0.15, 0.2) is 0 Å². The molecule has 1 heterocycles. The van der Waals surface area contributed by atoms with Gasteiger partial charge >= 0.3 is 0 Å². The molecule has 1 aliphatic rings. The average Bonchev–Trinajstić information content (AvgIpc) is 2.46. The van der Waals surface area contributed by atoms with Gasteiger partial charge in [-0.25, -0.2) is 5.48 Å². The van der Waals surface area contributed by atoms with Gasteiger partial charge in [0.1, 0.15) is 6.04 Å². The molecule has 0 radical (unpaired) electrons. The summed E-state index contributed by atoms with van der Waals surface area (Å²) in [5.74, 6) is -0.562. The smallest absolute Gasteiger partial charge is 0.263 e. The number of nitrogens with zero attached hydrogens (tertiary/aromatic N) is 1. The molecule has 1 aromatic rings. The summed E-state index contributed by atoms with van der Waals surface area (Å²) in [5, 5.41) is 19.9. The zero-order valence-corrected chi connectivity index (χ0v) is 11.5. The van der Waals surface area contributed by atoms with Crippen LogP contribution < -0.4 is 5.48 Å². The number of aryl methyl sites for hydroxylation is 1. The average molecular weight is 280 g/mol. The third-order valence-corrected chi connectivity index (χ3v) is 3.46. The lowest BCUT2D eigenvalue weighted by Crippen LogP contribution is -2.51. The molecule has 0 unspecified atom stereocenters. The summed E-state index contributed by atoms with van der Waals surface area (Å²) in [4.78, 5) is 17.2. The molecule has 1 fully saturated rings. The first-order valence-corrected chi connectivity index (χ1v) is 6.67. The van der Waals surface area contributed by atoms with Crippen molar-refractivity contribution in [2.45, 2.75) is 38.5 Å². The van der Waals surface area contributed by atoms with Gasteiger partial charge in [0.05, 0.1) is 12.7 Å². The number of hydrogen-bond acceptors (Lipinski definition) is 5. The number of piperidine rings is 1. The van der Waals surface area contributed by atoms with Crippen molar-refractivity contribution >= 4 is 5.91 Å². The van der Waals surface area contributed by atoms with Gasteiger partial charge in [0.25, 0.3) is 5.91 Å². The van der Waals surface area contributed by atoms with Gasteiger partial charge in [-0.1, -0.05) is 29.8 Å². The molecule has 2 rings (SSSR count). The van der Waals surface area contributed by atoms with E-state index in [1.165, 1.54) is 10.6 Å². The summed E-state index contributed by atoms with van der Waals surface area (Å²) < 4.78 is 0. The zero-order chi connectivity index (χ0) is 14.5. The molecule has 1 aromatic carbocycles. The standard InChI is InChI=1S/C14H20N2O4/c1-10-2-4-11(5-3-10)9-20-16-7-6-12(17)8-13(16)14(18)15-19/h2-5,12-13,17,19H,6-9H2,1H3,(H,15,18)/t12-,13+/m0/s1. The minimum atomic E-state index is -0.672. The van der Waals surface area contributed by atoms with Crippen molar-refractivity contribution in [1.29, 1.82) is 0 Å². The Bertz CT molecular complexity index is 449. The van der Waals surface area contributed by atoms with Crippen molar-refractivity contribution in [1.82, 2.24) is 10.5 Å². The third-order valence-electron chi connectivity index (χ3n) is 3.46. The van der Waals surface area contributed by atoms with Crippen LogP contribution in [0, 0.1) is 6.92 Å². The third kappa shape index (κ3) is 3.77. The van der Waals surface area contributed by atoms with Crippen molar-refractivity contribution in [2.24, 2.45) is 0 Å². The Kier molecular flexibility index (Phi) is 5.08. The van der Waals surface area contributed by atoms with Gasteiger partial charge in [-0.05, 0) is 18.9 Å². The Balaban J connectivity index is 1.95. The summed E-state index contributed by atoms with van der Waals surface area (Å²) in [6.07, 6.45) is 0.250. The quantitative estimate of drug-likeness (QED) is 0.560. The monoisotopic (exact) mass is 280 g/mol. The first-order valence-electron chi connectivity index (χ1n) is 6.67. The highest BCUT2D eigenvalue weighted by molar-refractivity contribution is 5.80. The summed E-state index contributed by atoms with van der Waals surface area (Å²) in [5.41, 5.74) is 3.80. The number of hydrogen-bond donors (Lipinski definition) is 3. The molecular formula is C14H20N2O4.